The Bertz CT molecular complexity index is 726. The molecule has 0 saturated carbocycles. The van der Waals surface area contributed by atoms with E-state index in [2.05, 4.69) is 5.32 Å². The Labute approximate surface area is 136 Å². The van der Waals surface area contributed by atoms with Crippen LogP contribution in [0, 0.1) is 10.1 Å². The lowest BCUT2D eigenvalue weighted by atomic mass is 10.1. The van der Waals surface area contributed by atoms with Crippen LogP contribution in [0.3, 0.4) is 0 Å². The molecule has 1 fully saturated rings. The Morgan fingerprint density at radius 3 is 2.83 bits per heavy atom. The zero-order chi connectivity index (χ0) is 17.3. The predicted molar refractivity (Wildman–Crippen MR) is 80.4 cm³/mol. The van der Waals surface area contributed by atoms with Gasteiger partial charge in [0.05, 0.1) is 16.6 Å². The monoisotopic (exact) mass is 333 g/mol. The third-order valence-corrected chi connectivity index (χ3v) is 4.03. The highest BCUT2D eigenvalue weighted by Crippen LogP contribution is 2.30. The van der Waals surface area contributed by atoms with Gasteiger partial charge in [-0.05, 0) is 18.9 Å². The van der Waals surface area contributed by atoms with E-state index in [1.165, 1.54) is 12.1 Å². The number of nitrogens with zero attached hydrogens (tertiary/aromatic N) is 2. The maximum Gasteiger partial charge on any atom is 0.282 e. The van der Waals surface area contributed by atoms with Crippen LogP contribution in [-0.4, -0.2) is 53.3 Å². The van der Waals surface area contributed by atoms with Crippen LogP contribution >= 0.6 is 0 Å². The van der Waals surface area contributed by atoms with E-state index < -0.39 is 34.9 Å². The zero-order valence-electron chi connectivity index (χ0n) is 12.7. The molecule has 9 heteroatoms. The molecule has 0 bridgehead atoms. The number of amides is 3. The number of rotatable bonds is 5. The molecule has 0 spiro atoms. The summed E-state index contributed by atoms with van der Waals surface area (Å²) in [6, 6.07) is 3.83. The lowest BCUT2D eigenvalue weighted by molar-refractivity contribution is -0.385. The van der Waals surface area contributed by atoms with Gasteiger partial charge in [-0.2, -0.15) is 0 Å². The van der Waals surface area contributed by atoms with Crippen molar-refractivity contribution in [2.75, 3.05) is 19.7 Å². The van der Waals surface area contributed by atoms with Crippen molar-refractivity contribution in [1.82, 2.24) is 10.2 Å². The molecule has 126 valence electrons. The fourth-order valence-electron chi connectivity index (χ4n) is 2.84. The quantitative estimate of drug-likeness (QED) is 0.476. The van der Waals surface area contributed by atoms with Crippen molar-refractivity contribution in [2.24, 2.45) is 0 Å². The minimum atomic E-state index is -0.824. The van der Waals surface area contributed by atoms with Crippen LogP contribution in [-0.2, 0) is 9.53 Å². The second kappa shape index (κ2) is 6.36. The first kappa shape index (κ1) is 16.1. The number of hydrogen-bond donors (Lipinski definition) is 1. The van der Waals surface area contributed by atoms with Crippen LogP contribution in [0.4, 0.5) is 5.69 Å². The largest absolute Gasteiger partial charge is 0.376 e. The molecule has 2 heterocycles. The first-order valence-corrected chi connectivity index (χ1v) is 7.51. The summed E-state index contributed by atoms with van der Waals surface area (Å²) in [6.45, 7) is 0.487. The van der Waals surface area contributed by atoms with E-state index >= 15 is 0 Å². The minimum absolute atomic E-state index is 0.0545. The standard InChI is InChI=1S/C15H15N3O6/c19-12(16-7-9-3-2-6-24-9)8-17-14(20)10-4-1-5-11(18(22)23)13(10)15(17)21/h1,4-5,9H,2-3,6-8H2,(H,16,19). The van der Waals surface area contributed by atoms with Crippen molar-refractivity contribution in [2.45, 2.75) is 18.9 Å². The summed E-state index contributed by atoms with van der Waals surface area (Å²) in [5.74, 6) is -2.04. The normalized spacial score (nSPS) is 19.5. The lowest BCUT2D eigenvalue weighted by Gasteiger charge is -2.15. The summed E-state index contributed by atoms with van der Waals surface area (Å²) in [5, 5.41) is 13.6. The number of carbonyl (C=O) groups excluding carboxylic acids is 3. The maximum absolute atomic E-state index is 12.3. The summed E-state index contributed by atoms with van der Waals surface area (Å²) < 4.78 is 5.37. The van der Waals surface area contributed by atoms with Crippen LogP contribution in [0.2, 0.25) is 0 Å². The number of carbonyl (C=O) groups is 3. The number of nitro benzene ring substituents is 1. The van der Waals surface area contributed by atoms with Gasteiger partial charge in [0.15, 0.2) is 0 Å². The Balaban J connectivity index is 1.70. The second-order valence-electron chi connectivity index (χ2n) is 5.59. The summed E-state index contributed by atoms with van der Waals surface area (Å²) >= 11 is 0. The van der Waals surface area contributed by atoms with Crippen LogP contribution in [0.5, 0.6) is 0 Å². The molecular weight excluding hydrogens is 318 g/mol. The molecule has 24 heavy (non-hydrogen) atoms. The van der Waals surface area contributed by atoms with E-state index in [0.717, 1.165) is 23.8 Å². The van der Waals surface area contributed by atoms with Gasteiger partial charge >= 0.3 is 0 Å². The summed E-state index contributed by atoms with van der Waals surface area (Å²) in [4.78, 5) is 47.6. The molecule has 1 aromatic rings. The number of imide groups is 1. The molecule has 3 rings (SSSR count). The SMILES string of the molecule is O=C(CN1C(=O)c2cccc([N+](=O)[O-])c2C1=O)NCC1CCCO1. The predicted octanol–water partition coefficient (Wildman–Crippen LogP) is 0.486. The molecular formula is C15H15N3O6. The first-order valence-electron chi connectivity index (χ1n) is 7.51. The smallest absolute Gasteiger partial charge is 0.282 e. The zero-order valence-corrected chi connectivity index (χ0v) is 12.7. The van der Waals surface area contributed by atoms with Crippen molar-refractivity contribution < 1.29 is 24.0 Å². The second-order valence-corrected chi connectivity index (χ2v) is 5.59. The molecule has 0 aromatic heterocycles. The van der Waals surface area contributed by atoms with E-state index in [1.54, 1.807) is 0 Å². The van der Waals surface area contributed by atoms with E-state index in [1.807, 2.05) is 0 Å². The highest BCUT2D eigenvalue weighted by molar-refractivity contribution is 6.24. The van der Waals surface area contributed by atoms with Gasteiger partial charge in [-0.15, -0.1) is 0 Å². The molecule has 0 aliphatic carbocycles. The fourth-order valence-corrected chi connectivity index (χ4v) is 2.84. The van der Waals surface area contributed by atoms with Gasteiger partial charge in [-0.1, -0.05) is 6.07 Å². The number of fused-ring (bicyclic) bond motifs is 1. The van der Waals surface area contributed by atoms with Gasteiger partial charge in [0, 0.05) is 19.2 Å². The summed E-state index contributed by atoms with van der Waals surface area (Å²) in [5.41, 5.74) is -0.756. The average molecular weight is 333 g/mol. The molecule has 1 N–H and O–H groups in total. The van der Waals surface area contributed by atoms with Gasteiger partial charge in [-0.3, -0.25) is 29.4 Å². The van der Waals surface area contributed by atoms with E-state index in [-0.39, 0.29) is 17.2 Å². The number of hydrogen-bond acceptors (Lipinski definition) is 6. The Morgan fingerprint density at radius 1 is 1.38 bits per heavy atom. The fraction of sp³-hybridized carbons (Fsp3) is 0.400. The Hall–Kier alpha value is -2.81. The third-order valence-electron chi connectivity index (χ3n) is 4.03. The summed E-state index contributed by atoms with van der Waals surface area (Å²) in [6.07, 6.45) is 1.72. The molecule has 1 unspecified atom stereocenters. The van der Waals surface area contributed by atoms with Crippen molar-refractivity contribution >= 4 is 23.4 Å². The van der Waals surface area contributed by atoms with Crippen LogP contribution < -0.4 is 5.32 Å². The molecule has 1 atom stereocenters. The molecule has 3 amide bonds. The molecule has 2 aliphatic heterocycles. The van der Waals surface area contributed by atoms with Crippen molar-refractivity contribution in [3.8, 4) is 0 Å². The van der Waals surface area contributed by atoms with Gasteiger partial charge < -0.3 is 10.1 Å². The number of nitro groups is 1. The Morgan fingerprint density at radius 2 is 2.17 bits per heavy atom. The minimum Gasteiger partial charge on any atom is -0.376 e. The van der Waals surface area contributed by atoms with E-state index in [9.17, 15) is 24.5 Å². The molecule has 1 saturated heterocycles. The summed E-state index contributed by atoms with van der Waals surface area (Å²) in [7, 11) is 0. The molecule has 9 nitrogen and oxygen atoms in total. The van der Waals surface area contributed by atoms with Crippen molar-refractivity contribution in [3.63, 3.8) is 0 Å². The van der Waals surface area contributed by atoms with Crippen LogP contribution in [0.1, 0.15) is 33.6 Å². The van der Waals surface area contributed by atoms with Crippen LogP contribution in [0.15, 0.2) is 18.2 Å². The molecule has 0 radical (unpaired) electrons. The van der Waals surface area contributed by atoms with Crippen LogP contribution in [0.25, 0.3) is 0 Å². The van der Waals surface area contributed by atoms with E-state index in [4.69, 9.17) is 4.74 Å². The molecule has 2 aliphatic rings. The lowest BCUT2D eigenvalue weighted by Crippen LogP contribution is -2.42. The van der Waals surface area contributed by atoms with Gasteiger partial charge in [0.25, 0.3) is 17.5 Å². The average Bonchev–Trinajstić information content (AvgIpc) is 3.16. The highest BCUT2D eigenvalue weighted by Gasteiger charge is 2.41. The van der Waals surface area contributed by atoms with Gasteiger partial charge in [0.1, 0.15) is 12.1 Å². The first-order chi connectivity index (χ1) is 11.5. The molecule has 1 aromatic carbocycles. The van der Waals surface area contributed by atoms with Crippen molar-refractivity contribution in [3.05, 3.63) is 39.4 Å². The van der Waals surface area contributed by atoms with Gasteiger partial charge in [-0.25, -0.2) is 0 Å². The number of ether oxygens (including phenoxy) is 1. The number of nitrogens with one attached hydrogen (secondary N) is 1. The third kappa shape index (κ3) is 2.85. The topological polar surface area (TPSA) is 119 Å². The highest BCUT2D eigenvalue weighted by atomic mass is 16.6. The number of benzene rings is 1. The Kier molecular flexibility index (Phi) is 4.26. The van der Waals surface area contributed by atoms with E-state index in [0.29, 0.717) is 13.2 Å². The van der Waals surface area contributed by atoms with Crippen molar-refractivity contribution in [1.29, 1.82) is 0 Å². The maximum atomic E-state index is 12.3. The van der Waals surface area contributed by atoms with Gasteiger partial charge in [0.2, 0.25) is 5.91 Å².